The third-order valence-corrected chi connectivity index (χ3v) is 10.1. The van der Waals surface area contributed by atoms with E-state index in [0.717, 1.165) is 33.8 Å². The molecule has 10 heteroatoms. The van der Waals surface area contributed by atoms with Crippen LogP contribution in [0.4, 0.5) is 10.5 Å². The van der Waals surface area contributed by atoms with Crippen molar-refractivity contribution in [3.63, 3.8) is 0 Å². The Morgan fingerprint density at radius 1 is 1.04 bits per heavy atom. The number of imidazole rings is 1. The number of nitrogens with zero attached hydrogens (tertiary/aromatic N) is 7. The first-order chi connectivity index (χ1) is 22.4. The molecule has 4 aromatic rings. The third-order valence-electron chi connectivity index (χ3n) is 9.83. The van der Waals surface area contributed by atoms with E-state index in [1.54, 1.807) is 43.0 Å². The second-order valence-electron chi connectivity index (χ2n) is 13.3. The van der Waals surface area contributed by atoms with Crippen LogP contribution in [0.25, 0.3) is 11.6 Å². The van der Waals surface area contributed by atoms with Gasteiger partial charge in [0.2, 0.25) is 0 Å². The number of halogens is 1. The summed E-state index contributed by atoms with van der Waals surface area (Å²) in [6.45, 7) is 12.0. The van der Waals surface area contributed by atoms with Gasteiger partial charge in [0.25, 0.3) is 0 Å². The summed E-state index contributed by atoms with van der Waals surface area (Å²) < 4.78 is 2.13. The number of urea groups is 1. The average Bonchev–Trinajstić information content (AvgIpc) is 3.40. The van der Waals surface area contributed by atoms with Crippen LogP contribution in [-0.2, 0) is 6.54 Å². The Balaban J connectivity index is 1.32. The Kier molecular flexibility index (Phi) is 8.70. The van der Waals surface area contributed by atoms with E-state index in [-0.39, 0.29) is 12.1 Å². The molecule has 2 aliphatic rings. The molecule has 1 saturated heterocycles. The molecule has 0 spiro atoms. The SMILES string of the molecule is Cc1nccn1CC1=Cc2cccnc2C(N2CCN(C(=O)N(c3ccc(C#N)cc3)C(C)(C)C(C)(C)O)CC2)c2ccc(Cl)cc21. The summed E-state index contributed by atoms with van der Waals surface area (Å²) in [5.74, 6) is 0.935. The van der Waals surface area contributed by atoms with Gasteiger partial charge in [0.05, 0.1) is 34.5 Å². The summed E-state index contributed by atoms with van der Waals surface area (Å²) in [5, 5.41) is 21.2. The van der Waals surface area contributed by atoms with Crippen molar-refractivity contribution in [3.05, 3.63) is 112 Å². The molecule has 0 saturated carbocycles. The zero-order chi connectivity index (χ0) is 33.5. The molecular weight excluding hydrogens is 610 g/mol. The molecule has 1 unspecified atom stereocenters. The lowest BCUT2D eigenvalue weighted by atomic mass is 9.83. The van der Waals surface area contributed by atoms with Crippen LogP contribution in [0.15, 0.2) is 73.2 Å². The Labute approximate surface area is 281 Å². The second-order valence-corrected chi connectivity index (χ2v) is 13.7. The van der Waals surface area contributed by atoms with E-state index in [1.165, 1.54) is 0 Å². The van der Waals surface area contributed by atoms with Gasteiger partial charge in [-0.1, -0.05) is 23.7 Å². The summed E-state index contributed by atoms with van der Waals surface area (Å²) in [5.41, 5.74) is 4.32. The van der Waals surface area contributed by atoms with Gasteiger partial charge in [-0.05, 0) is 105 Å². The van der Waals surface area contributed by atoms with Crippen molar-refractivity contribution < 1.29 is 9.90 Å². The van der Waals surface area contributed by atoms with Gasteiger partial charge in [0.15, 0.2) is 0 Å². The van der Waals surface area contributed by atoms with Crippen LogP contribution in [0.5, 0.6) is 0 Å². The number of pyridine rings is 1. The maximum atomic E-state index is 14.4. The van der Waals surface area contributed by atoms with E-state index < -0.39 is 11.1 Å². The topological polar surface area (TPSA) is 102 Å². The largest absolute Gasteiger partial charge is 0.388 e. The number of carbonyl (C=O) groups excluding carboxylic acids is 1. The van der Waals surface area contributed by atoms with Gasteiger partial charge in [-0.15, -0.1) is 0 Å². The number of piperazine rings is 1. The molecule has 1 atom stereocenters. The molecule has 3 heterocycles. The fourth-order valence-corrected chi connectivity index (χ4v) is 6.61. The van der Waals surface area contributed by atoms with Crippen molar-refractivity contribution in [1.29, 1.82) is 5.26 Å². The van der Waals surface area contributed by atoms with Crippen LogP contribution in [-0.4, -0.2) is 72.8 Å². The smallest absolute Gasteiger partial charge is 0.325 e. The monoisotopic (exact) mass is 649 g/mol. The number of rotatable bonds is 6. The number of hydrogen-bond acceptors (Lipinski definition) is 6. The number of hydrogen-bond donors (Lipinski definition) is 1. The average molecular weight is 650 g/mol. The molecular formula is C37H40ClN7O2. The predicted molar refractivity (Wildman–Crippen MR) is 185 cm³/mol. The second kappa shape index (κ2) is 12.6. The molecule has 1 N–H and O–H groups in total. The lowest BCUT2D eigenvalue weighted by Crippen LogP contribution is -2.64. The number of benzene rings is 2. The number of allylic oxidation sites excluding steroid dienone is 1. The zero-order valence-electron chi connectivity index (χ0n) is 27.5. The summed E-state index contributed by atoms with van der Waals surface area (Å²) in [6.07, 6.45) is 7.86. The summed E-state index contributed by atoms with van der Waals surface area (Å²) in [6, 6.07) is 18.9. The quantitative estimate of drug-likeness (QED) is 0.254. The van der Waals surface area contributed by atoms with Crippen molar-refractivity contribution in [2.45, 2.75) is 58.3 Å². The minimum Gasteiger partial charge on any atom is -0.388 e. The third kappa shape index (κ3) is 6.17. The summed E-state index contributed by atoms with van der Waals surface area (Å²) >= 11 is 6.61. The van der Waals surface area contributed by atoms with Crippen molar-refractivity contribution in [2.24, 2.45) is 0 Å². The Morgan fingerprint density at radius 2 is 1.77 bits per heavy atom. The maximum absolute atomic E-state index is 14.4. The van der Waals surface area contributed by atoms with Gasteiger partial charge in [-0.2, -0.15) is 5.26 Å². The predicted octanol–water partition coefficient (Wildman–Crippen LogP) is 6.55. The van der Waals surface area contributed by atoms with Crippen molar-refractivity contribution >= 4 is 35.0 Å². The zero-order valence-corrected chi connectivity index (χ0v) is 28.2. The Hall–Kier alpha value is -4.49. The number of carbonyl (C=O) groups is 1. The maximum Gasteiger partial charge on any atom is 0.325 e. The van der Waals surface area contributed by atoms with E-state index >= 15 is 0 Å². The molecule has 1 aliphatic carbocycles. The van der Waals surface area contributed by atoms with E-state index in [4.69, 9.17) is 16.6 Å². The lowest BCUT2D eigenvalue weighted by molar-refractivity contribution is 0.0107. The van der Waals surface area contributed by atoms with E-state index in [1.807, 2.05) is 62.5 Å². The molecule has 242 valence electrons. The highest BCUT2D eigenvalue weighted by atomic mass is 35.5. The number of aromatic nitrogens is 3. The fourth-order valence-electron chi connectivity index (χ4n) is 6.44. The number of fused-ring (bicyclic) bond motifs is 2. The first-order valence-corrected chi connectivity index (χ1v) is 16.3. The molecule has 1 aliphatic heterocycles. The Morgan fingerprint density at radius 3 is 2.40 bits per heavy atom. The molecule has 2 amide bonds. The molecule has 1 fully saturated rings. The Bertz CT molecular complexity index is 1860. The number of aliphatic hydroxyl groups is 1. The molecule has 6 rings (SSSR count). The van der Waals surface area contributed by atoms with Crippen LogP contribution in [0, 0.1) is 18.3 Å². The van der Waals surface area contributed by atoms with Crippen molar-refractivity contribution in [1.82, 2.24) is 24.3 Å². The molecule has 2 aromatic carbocycles. The molecule has 0 radical (unpaired) electrons. The van der Waals surface area contributed by atoms with Gasteiger partial charge in [-0.3, -0.25) is 14.8 Å². The highest BCUT2D eigenvalue weighted by Gasteiger charge is 2.46. The van der Waals surface area contributed by atoms with Crippen LogP contribution in [0.3, 0.4) is 0 Å². The van der Waals surface area contributed by atoms with Crippen LogP contribution < -0.4 is 4.90 Å². The van der Waals surface area contributed by atoms with Gasteiger partial charge >= 0.3 is 6.03 Å². The lowest BCUT2D eigenvalue weighted by Gasteiger charge is -2.49. The van der Waals surface area contributed by atoms with Crippen LogP contribution in [0.1, 0.15) is 67.5 Å². The van der Waals surface area contributed by atoms with Crippen LogP contribution in [0.2, 0.25) is 5.02 Å². The van der Waals surface area contributed by atoms with E-state index in [9.17, 15) is 15.2 Å². The van der Waals surface area contributed by atoms with E-state index in [2.05, 4.69) is 38.7 Å². The highest BCUT2D eigenvalue weighted by molar-refractivity contribution is 6.30. The van der Waals surface area contributed by atoms with E-state index in [0.29, 0.717) is 49.0 Å². The molecule has 0 bridgehead atoms. The van der Waals surface area contributed by atoms with Gasteiger partial charge < -0.3 is 14.6 Å². The standard InChI is InChI=1S/C37H40ClN7O2/c1-25-40-15-16-44(25)24-28-21-27-7-6-14-41-33(27)34(31-13-10-29(38)22-32(28)31)42-17-19-43(20-18-42)35(46)45(36(2,3)37(4,5)47)30-11-8-26(23-39)9-12-30/h6-16,21-22,34,47H,17-20,24H2,1-5H3. The summed E-state index contributed by atoms with van der Waals surface area (Å²) in [4.78, 5) is 29.6. The minimum absolute atomic E-state index is 0.143. The molecule has 2 aromatic heterocycles. The van der Waals surface area contributed by atoms with Crippen molar-refractivity contribution in [3.8, 4) is 6.07 Å². The summed E-state index contributed by atoms with van der Waals surface area (Å²) in [7, 11) is 0. The number of amides is 2. The van der Waals surface area contributed by atoms with Crippen LogP contribution >= 0.6 is 11.6 Å². The molecule has 9 nitrogen and oxygen atoms in total. The number of nitriles is 1. The number of aryl methyl sites for hydroxylation is 1. The fraction of sp³-hybridized carbons (Fsp3) is 0.351. The number of anilines is 1. The van der Waals surface area contributed by atoms with Gasteiger partial charge in [0.1, 0.15) is 5.82 Å². The normalized spacial score (nSPS) is 16.9. The molecule has 47 heavy (non-hydrogen) atoms. The first-order valence-electron chi connectivity index (χ1n) is 15.9. The van der Waals surface area contributed by atoms with Gasteiger partial charge in [0, 0.05) is 62.0 Å². The van der Waals surface area contributed by atoms with Crippen molar-refractivity contribution in [2.75, 3.05) is 31.1 Å². The highest BCUT2D eigenvalue weighted by Crippen LogP contribution is 2.41. The van der Waals surface area contributed by atoms with Gasteiger partial charge in [-0.25, -0.2) is 9.78 Å². The first kappa shape index (κ1) is 32.5. The minimum atomic E-state index is -1.21.